The molecule has 1 aromatic heterocycles. The smallest absolute Gasteiger partial charge is 0.323 e. The average Bonchev–Trinajstić information content (AvgIpc) is 3.16. The van der Waals surface area contributed by atoms with E-state index in [-0.39, 0.29) is 36.1 Å². The van der Waals surface area contributed by atoms with Crippen LogP contribution in [0.4, 0.5) is 10.6 Å². The number of rotatable bonds is 5. The van der Waals surface area contributed by atoms with Crippen LogP contribution in [-0.2, 0) is 12.8 Å². The van der Waals surface area contributed by atoms with Crippen LogP contribution in [0.1, 0.15) is 46.4 Å². The summed E-state index contributed by atoms with van der Waals surface area (Å²) in [4.78, 5) is 35.7. The van der Waals surface area contributed by atoms with E-state index < -0.39 is 0 Å². The number of nitrogens with one attached hydrogen (secondary N) is 2. The molecule has 1 aliphatic carbocycles. The predicted octanol–water partition coefficient (Wildman–Crippen LogP) is 2.31. The van der Waals surface area contributed by atoms with E-state index >= 15 is 0 Å². The molecule has 1 aliphatic heterocycles. The monoisotopic (exact) mass is 423 g/mol. The molecule has 164 valence electrons. The number of amides is 3. The number of anilines is 1. The van der Waals surface area contributed by atoms with Crippen LogP contribution >= 0.6 is 0 Å². The number of carbonyl (C=O) groups is 2. The molecule has 2 aliphatic rings. The second kappa shape index (κ2) is 9.43. The maximum Gasteiger partial charge on any atom is 0.323 e. The molecule has 1 saturated heterocycles. The van der Waals surface area contributed by atoms with E-state index in [9.17, 15) is 9.59 Å². The fourth-order valence-electron chi connectivity index (χ4n) is 4.49. The number of fused-ring (bicyclic) bond motifs is 1. The normalized spacial score (nSPS) is 18.5. The third-order valence-electron chi connectivity index (χ3n) is 6.21. The molecule has 0 radical (unpaired) electrons. The Morgan fingerprint density at radius 1 is 1.13 bits per heavy atom. The number of aliphatic hydroxyl groups excluding tert-OH is 1. The topological polar surface area (TPSA) is 107 Å². The highest BCUT2D eigenvalue weighted by Gasteiger charge is 2.27. The lowest BCUT2D eigenvalue weighted by molar-refractivity contribution is 0.0934. The lowest BCUT2D eigenvalue weighted by Crippen LogP contribution is -2.42. The van der Waals surface area contributed by atoms with Gasteiger partial charge in [0.25, 0.3) is 5.91 Å². The van der Waals surface area contributed by atoms with Crippen molar-refractivity contribution >= 4 is 17.8 Å². The molecule has 1 unspecified atom stereocenters. The van der Waals surface area contributed by atoms with Crippen molar-refractivity contribution in [3.63, 3.8) is 0 Å². The molecule has 3 amide bonds. The van der Waals surface area contributed by atoms with Crippen LogP contribution in [-0.4, -0.2) is 57.7 Å². The molecule has 8 heteroatoms. The Kier molecular flexibility index (Phi) is 6.46. The summed E-state index contributed by atoms with van der Waals surface area (Å²) in [5.74, 6) is 0.291. The summed E-state index contributed by atoms with van der Waals surface area (Å²) in [6.07, 6.45) is 6.99. The number of hydrogen-bond donors (Lipinski definition) is 3. The summed E-state index contributed by atoms with van der Waals surface area (Å²) in [6, 6.07) is 6.10. The van der Waals surface area contributed by atoms with Gasteiger partial charge in [0.2, 0.25) is 0 Å². The Morgan fingerprint density at radius 3 is 2.65 bits per heavy atom. The van der Waals surface area contributed by atoms with E-state index in [1.165, 1.54) is 29.1 Å². The van der Waals surface area contributed by atoms with Crippen LogP contribution in [0.3, 0.4) is 0 Å². The van der Waals surface area contributed by atoms with Crippen LogP contribution < -0.4 is 10.6 Å². The maximum absolute atomic E-state index is 12.9. The lowest BCUT2D eigenvalue weighted by Gasteiger charge is -2.31. The molecule has 0 saturated carbocycles. The summed E-state index contributed by atoms with van der Waals surface area (Å²) in [7, 11) is 0. The van der Waals surface area contributed by atoms with Crippen molar-refractivity contribution in [1.29, 1.82) is 0 Å². The summed E-state index contributed by atoms with van der Waals surface area (Å²) >= 11 is 0. The molecule has 1 atom stereocenters. The minimum absolute atomic E-state index is 0.000380. The van der Waals surface area contributed by atoms with Gasteiger partial charge in [-0.05, 0) is 56.1 Å². The van der Waals surface area contributed by atoms with Gasteiger partial charge in [-0.2, -0.15) is 0 Å². The highest BCUT2D eigenvalue weighted by Crippen LogP contribution is 2.24. The zero-order valence-electron chi connectivity index (χ0n) is 17.8. The van der Waals surface area contributed by atoms with Crippen LogP contribution in [0.5, 0.6) is 0 Å². The molecule has 31 heavy (non-hydrogen) atoms. The minimum atomic E-state index is -0.334. The van der Waals surface area contributed by atoms with Crippen molar-refractivity contribution in [3.8, 4) is 0 Å². The third-order valence-corrected chi connectivity index (χ3v) is 6.21. The van der Waals surface area contributed by atoms with E-state index in [4.69, 9.17) is 5.11 Å². The summed E-state index contributed by atoms with van der Waals surface area (Å²) in [6.45, 7) is 3.49. The highest BCUT2D eigenvalue weighted by molar-refractivity contribution is 6.00. The second-order valence-corrected chi connectivity index (χ2v) is 8.48. The van der Waals surface area contributed by atoms with Crippen LogP contribution in [0.2, 0.25) is 0 Å². The number of likely N-dealkylation sites (tertiary alicyclic amines) is 1. The average molecular weight is 424 g/mol. The predicted molar refractivity (Wildman–Crippen MR) is 117 cm³/mol. The van der Waals surface area contributed by atoms with E-state index in [1.807, 2.05) is 0 Å². The number of piperidine rings is 1. The van der Waals surface area contributed by atoms with Gasteiger partial charge in [-0.3, -0.25) is 10.1 Å². The number of benzene rings is 1. The standard InChI is InChI=1S/C23H29N5O3/c1-15-2-3-17-13-19(14-18(17)12-15)26-22(30)20-21(25-8-7-24-20)27-23(31)28-9-4-16(5-10-28)6-11-29/h2-3,7-8,12,16,19,29H,4-6,9-11,13-14H2,1H3,(H,26,30)(H,25,27,31). The zero-order valence-corrected chi connectivity index (χ0v) is 17.8. The molecular weight excluding hydrogens is 394 g/mol. The molecule has 0 spiro atoms. The summed E-state index contributed by atoms with van der Waals surface area (Å²) in [5, 5.41) is 14.9. The first-order chi connectivity index (χ1) is 15.0. The lowest BCUT2D eigenvalue weighted by atomic mass is 9.94. The van der Waals surface area contributed by atoms with Crippen molar-refractivity contribution < 1.29 is 14.7 Å². The summed E-state index contributed by atoms with van der Waals surface area (Å²) in [5.41, 5.74) is 3.86. The first-order valence-electron chi connectivity index (χ1n) is 10.9. The number of aryl methyl sites for hydroxylation is 1. The van der Waals surface area contributed by atoms with Crippen molar-refractivity contribution in [2.45, 2.75) is 45.1 Å². The number of urea groups is 1. The zero-order chi connectivity index (χ0) is 21.8. The maximum atomic E-state index is 12.9. The first-order valence-corrected chi connectivity index (χ1v) is 10.9. The van der Waals surface area contributed by atoms with Gasteiger partial charge in [-0.15, -0.1) is 0 Å². The number of nitrogens with zero attached hydrogens (tertiary/aromatic N) is 3. The SMILES string of the molecule is Cc1ccc2c(c1)CC(NC(=O)c1nccnc1NC(=O)N1CCC(CCO)CC1)C2. The molecule has 8 nitrogen and oxygen atoms in total. The Bertz CT molecular complexity index is 956. The van der Waals surface area contributed by atoms with Gasteiger partial charge in [-0.1, -0.05) is 23.8 Å². The molecule has 3 N–H and O–H groups in total. The molecular formula is C23H29N5O3. The second-order valence-electron chi connectivity index (χ2n) is 8.48. The van der Waals surface area contributed by atoms with Crippen LogP contribution in [0, 0.1) is 12.8 Å². The van der Waals surface area contributed by atoms with Gasteiger partial charge < -0.3 is 15.3 Å². The van der Waals surface area contributed by atoms with Gasteiger partial charge >= 0.3 is 6.03 Å². The molecule has 2 heterocycles. The Balaban J connectivity index is 1.37. The van der Waals surface area contributed by atoms with Gasteiger partial charge in [-0.25, -0.2) is 14.8 Å². The highest BCUT2D eigenvalue weighted by atomic mass is 16.3. The van der Waals surface area contributed by atoms with Crippen LogP contribution in [0.25, 0.3) is 0 Å². The van der Waals surface area contributed by atoms with Crippen LogP contribution in [0.15, 0.2) is 30.6 Å². The van der Waals surface area contributed by atoms with Gasteiger partial charge in [0.15, 0.2) is 11.5 Å². The molecule has 1 aromatic carbocycles. The number of aromatic nitrogens is 2. The Labute approximate surface area is 182 Å². The van der Waals surface area contributed by atoms with Gasteiger partial charge in [0, 0.05) is 38.1 Å². The number of carbonyl (C=O) groups excluding carboxylic acids is 2. The number of hydrogen-bond acceptors (Lipinski definition) is 5. The van der Waals surface area contributed by atoms with Crippen molar-refractivity contribution in [3.05, 3.63) is 53.0 Å². The Morgan fingerprint density at radius 2 is 1.87 bits per heavy atom. The molecule has 0 bridgehead atoms. The minimum Gasteiger partial charge on any atom is -0.396 e. The fraction of sp³-hybridized carbons (Fsp3) is 0.478. The van der Waals surface area contributed by atoms with E-state index in [1.54, 1.807) is 4.90 Å². The van der Waals surface area contributed by atoms with E-state index in [0.717, 1.165) is 32.1 Å². The fourth-order valence-corrected chi connectivity index (χ4v) is 4.49. The largest absolute Gasteiger partial charge is 0.396 e. The van der Waals surface area contributed by atoms with Gasteiger partial charge in [0.05, 0.1) is 0 Å². The van der Waals surface area contributed by atoms with E-state index in [0.29, 0.717) is 19.0 Å². The third kappa shape index (κ3) is 5.02. The van der Waals surface area contributed by atoms with E-state index in [2.05, 4.69) is 45.7 Å². The van der Waals surface area contributed by atoms with Gasteiger partial charge in [0.1, 0.15) is 0 Å². The Hall–Kier alpha value is -3.00. The molecule has 1 fully saturated rings. The van der Waals surface area contributed by atoms with Crippen molar-refractivity contribution in [1.82, 2.24) is 20.2 Å². The summed E-state index contributed by atoms with van der Waals surface area (Å²) < 4.78 is 0. The quantitative estimate of drug-likeness (QED) is 0.684. The molecule has 2 aromatic rings. The molecule has 4 rings (SSSR count). The first kappa shape index (κ1) is 21.2. The number of aliphatic hydroxyl groups is 1. The van der Waals surface area contributed by atoms with Crippen molar-refractivity contribution in [2.75, 3.05) is 25.0 Å². The van der Waals surface area contributed by atoms with Crippen molar-refractivity contribution in [2.24, 2.45) is 5.92 Å².